The normalized spacial score (nSPS) is 22.5. The fourth-order valence-corrected chi connectivity index (χ4v) is 16.3. The van der Waals surface area contributed by atoms with Crippen molar-refractivity contribution in [1.29, 1.82) is 0 Å². The molecule has 5 unspecified atom stereocenters. The van der Waals surface area contributed by atoms with Gasteiger partial charge < -0.3 is 102 Å². The summed E-state index contributed by atoms with van der Waals surface area (Å²) in [5.41, 5.74) is 8.53. The maximum atomic E-state index is 12.7. The average Bonchev–Trinajstić information content (AvgIpc) is 1.62. The molecule has 0 radical (unpaired) electrons. The number of nitrogens with two attached hydrogens (primary N) is 2. The Bertz CT molecular complexity index is 4040. The Kier molecular flexibility index (Phi) is 34.3. The maximum absolute atomic E-state index is 12.7. The predicted octanol–water partition coefficient (Wildman–Crippen LogP) is -0.968. The zero-order valence-electron chi connectivity index (χ0n) is 58.0. The predicted molar refractivity (Wildman–Crippen MR) is 368 cm³/mol. The second kappa shape index (κ2) is 39.5. The molecule has 0 spiro atoms. The number of ether oxygens (including phenoxy) is 2. The Morgan fingerprint density at radius 1 is 0.551 bits per heavy atom. The Labute approximate surface area is 616 Å². The standard InChI is InChI=1S/C26H44N7O17P3S.C25H42N7O17P3S/c1-5-14(2)25(38)54-9-8-28-16(34)6-7-29-23(37)20(36)26(3,4)11-47-53(44,45)50-52(42,43)46-10-15-19(49-51(39,40)41)18(35)24(48-15)33-13-32-17-21(27)30-12-31-22(17)33;1-13(2)24(37)53-8-7-27-15(33)5-6-28-22(36)19(35)25(3,4)10-46-52(43,44)49-51(41,42)45-9-14-18(48-50(38,39)40)17(34)23(47-14)32-12-31-16-20(26)29-11-30-21(16)32/h12-15,18-20,24,35-36H,5-11H2,1-4H3,(H,28,34)(H,29,37)(H,42,43)(H,44,45)(H2,27,30,31)(H2,39,40,41);11-14,17-19,23,34-35H,5-10H2,1-4H3,(H,27,33)(H,28,36)(H,41,42)(H,43,44)(H2,26,29,30)(H2,38,39,40)/t14?,15-,18-,19-,20+,24-;14-,17-,18-,19+,23-/m11/s1. The molecule has 0 bridgehead atoms. The lowest BCUT2D eigenvalue weighted by Crippen LogP contribution is -2.46. The molecule has 606 valence electrons. The van der Waals surface area contributed by atoms with Crippen LogP contribution in [0.25, 0.3) is 22.3 Å². The van der Waals surface area contributed by atoms with E-state index in [1.165, 1.54) is 27.7 Å². The molecule has 6 heterocycles. The van der Waals surface area contributed by atoms with E-state index in [1.807, 2.05) is 13.8 Å². The molecule has 2 fully saturated rings. The van der Waals surface area contributed by atoms with Crippen molar-refractivity contribution in [3.05, 3.63) is 25.3 Å². The minimum absolute atomic E-state index is 0.0173. The van der Waals surface area contributed by atoms with Crippen molar-refractivity contribution in [3.63, 3.8) is 0 Å². The highest BCUT2D eigenvalue weighted by molar-refractivity contribution is 8.13. The second-order valence-electron chi connectivity index (χ2n) is 24.9. The van der Waals surface area contributed by atoms with E-state index >= 15 is 0 Å². The molecule has 20 N–H and O–H groups in total. The first-order valence-corrected chi connectivity index (χ1v) is 42.5. The molecule has 15 atom stereocenters. The number of carbonyl (C=O) groups excluding carboxylic acids is 6. The number of imidazole rings is 2. The van der Waals surface area contributed by atoms with E-state index in [2.05, 4.69) is 68.8 Å². The number of nitrogen functional groups attached to an aromatic ring is 2. The number of anilines is 2. The van der Waals surface area contributed by atoms with E-state index < -0.39 is 169 Å². The first-order chi connectivity index (χ1) is 49.4. The molecular formula is C51H86N14O34P6S2. The summed E-state index contributed by atoms with van der Waals surface area (Å²) in [6.07, 6.45) is -13.1. The molecule has 4 amide bonds. The van der Waals surface area contributed by atoms with Crippen molar-refractivity contribution in [2.75, 3.05) is 75.6 Å². The number of thioether (sulfide) groups is 2. The van der Waals surface area contributed by atoms with Crippen LogP contribution in [0.3, 0.4) is 0 Å². The van der Waals surface area contributed by atoms with Crippen molar-refractivity contribution in [2.24, 2.45) is 22.7 Å². The number of aromatic nitrogens is 8. The molecule has 0 saturated carbocycles. The number of fused-ring (bicyclic) bond motifs is 2. The molecule has 2 aliphatic heterocycles. The fourth-order valence-electron chi connectivity index (χ4n) is 9.04. The molecule has 56 heteroatoms. The third-order valence-corrected chi connectivity index (χ3v) is 23.4. The molecule has 4 aromatic heterocycles. The zero-order valence-corrected chi connectivity index (χ0v) is 65.0. The highest BCUT2D eigenvalue weighted by atomic mass is 32.2. The number of phosphoric acid groups is 6. The van der Waals surface area contributed by atoms with Gasteiger partial charge in [-0.15, -0.1) is 0 Å². The Hall–Kier alpha value is -4.88. The third kappa shape index (κ3) is 29.0. The van der Waals surface area contributed by atoms with Gasteiger partial charge in [-0.25, -0.2) is 57.3 Å². The van der Waals surface area contributed by atoms with Gasteiger partial charge in [-0.1, -0.05) is 78.9 Å². The first-order valence-electron chi connectivity index (χ1n) is 31.5. The fraction of sp³-hybridized carbons (Fsp3) is 0.686. The van der Waals surface area contributed by atoms with Gasteiger partial charge in [-0.05, 0) is 6.42 Å². The topological polar surface area (TPSA) is 727 Å². The van der Waals surface area contributed by atoms with Gasteiger partial charge >= 0.3 is 46.9 Å². The number of amides is 4. The molecule has 4 aromatic rings. The van der Waals surface area contributed by atoms with E-state index in [-0.39, 0.29) is 95.1 Å². The average molecular weight is 1690 g/mol. The van der Waals surface area contributed by atoms with Crippen molar-refractivity contribution >= 4 is 138 Å². The third-order valence-electron chi connectivity index (χ3n) is 15.0. The monoisotopic (exact) mass is 1690 g/mol. The number of phosphoric ester groups is 6. The van der Waals surface area contributed by atoms with E-state index in [9.17, 15) is 116 Å². The lowest BCUT2D eigenvalue weighted by Gasteiger charge is -2.30. The summed E-state index contributed by atoms with van der Waals surface area (Å²) in [7, 11) is -32.7. The minimum Gasteiger partial charge on any atom is -0.386 e. The highest BCUT2D eigenvalue weighted by Gasteiger charge is 2.53. The van der Waals surface area contributed by atoms with Gasteiger partial charge in [0, 0.05) is 73.2 Å². The summed E-state index contributed by atoms with van der Waals surface area (Å²) in [5, 5.41) is 52.6. The number of hydrogen-bond donors (Lipinski definition) is 18. The van der Waals surface area contributed by atoms with Crippen LogP contribution in [-0.2, 0) is 101 Å². The number of aliphatic hydroxyl groups excluding tert-OH is 4. The molecule has 2 aliphatic rings. The lowest BCUT2D eigenvalue weighted by atomic mass is 9.87. The smallest absolute Gasteiger partial charge is 0.386 e. The second-order valence-corrected chi connectivity index (χ2v) is 35.6. The summed E-state index contributed by atoms with van der Waals surface area (Å²) < 4.78 is 124. The molecule has 48 nitrogen and oxygen atoms in total. The SMILES string of the molecule is CC(C)C(=O)SCCNC(=O)CCNC(=O)[C@H](O)C(C)(C)COP(=O)(O)OP(=O)(O)OC[C@H]1O[C@@H](n2cnc3c(N)ncnc32)[C@H](O)[C@@H]1OP(=O)(O)O.CCC(C)C(=O)SCCNC(=O)CCNC(=O)[C@H](O)C(C)(C)COP(=O)(O)OP(=O)(O)OC[C@H]1O[C@@H](n2cnc3c(N)ncnc32)[C@H](O)[C@@H]1OP(=O)(O)O. The van der Waals surface area contributed by atoms with Gasteiger partial charge in [0.1, 0.15) is 72.5 Å². The number of carbonyl (C=O) groups is 6. The maximum Gasteiger partial charge on any atom is 0.481 e. The summed E-state index contributed by atoms with van der Waals surface area (Å²) in [4.78, 5) is 174. The first kappa shape index (κ1) is 92.7. The van der Waals surface area contributed by atoms with Crippen LogP contribution in [-0.4, -0.2) is 245 Å². The van der Waals surface area contributed by atoms with Crippen molar-refractivity contribution in [3.8, 4) is 0 Å². The summed E-state index contributed by atoms with van der Waals surface area (Å²) >= 11 is 2.18. The largest absolute Gasteiger partial charge is 0.481 e. The van der Waals surface area contributed by atoms with Crippen LogP contribution in [0.1, 0.15) is 87.1 Å². The van der Waals surface area contributed by atoms with Gasteiger partial charge in [-0.2, -0.15) is 8.62 Å². The van der Waals surface area contributed by atoms with E-state index in [0.717, 1.165) is 58.0 Å². The Morgan fingerprint density at radius 3 is 1.25 bits per heavy atom. The van der Waals surface area contributed by atoms with E-state index in [0.29, 0.717) is 17.9 Å². The van der Waals surface area contributed by atoms with Crippen LogP contribution in [0.15, 0.2) is 25.3 Å². The van der Waals surface area contributed by atoms with Crippen molar-refractivity contribution in [2.45, 2.75) is 136 Å². The summed E-state index contributed by atoms with van der Waals surface area (Å²) in [6.45, 7) is 8.26. The van der Waals surface area contributed by atoms with Gasteiger partial charge in [0.2, 0.25) is 23.6 Å². The summed E-state index contributed by atoms with van der Waals surface area (Å²) in [5.74, 6) is -2.39. The van der Waals surface area contributed by atoms with Crippen molar-refractivity contribution < 1.29 is 161 Å². The van der Waals surface area contributed by atoms with Crippen LogP contribution in [0.4, 0.5) is 11.6 Å². The quantitative estimate of drug-likeness (QED) is 0.0188. The molecule has 0 aliphatic carbocycles. The van der Waals surface area contributed by atoms with Crippen LogP contribution < -0.4 is 32.7 Å². The van der Waals surface area contributed by atoms with Crippen LogP contribution in [0.5, 0.6) is 0 Å². The Balaban J connectivity index is 0.000000384. The Morgan fingerprint density at radius 2 is 0.907 bits per heavy atom. The number of hydrogen-bond acceptors (Lipinski definition) is 36. The van der Waals surface area contributed by atoms with Crippen LogP contribution >= 0.6 is 70.5 Å². The van der Waals surface area contributed by atoms with Gasteiger partial charge in [0.15, 0.2) is 45.6 Å². The number of nitrogens with zero attached hydrogens (tertiary/aromatic N) is 8. The van der Waals surface area contributed by atoms with Crippen LogP contribution in [0, 0.1) is 22.7 Å². The number of rotatable bonds is 41. The molecular weight excluding hydrogens is 1600 g/mol. The van der Waals surface area contributed by atoms with E-state index in [1.54, 1.807) is 13.8 Å². The molecule has 0 aromatic carbocycles. The van der Waals surface area contributed by atoms with Crippen molar-refractivity contribution in [1.82, 2.24) is 60.3 Å². The van der Waals surface area contributed by atoms with Crippen LogP contribution in [0.2, 0.25) is 0 Å². The number of nitrogens with one attached hydrogen (secondary N) is 4. The minimum atomic E-state index is -5.56. The number of aliphatic hydroxyl groups is 4. The van der Waals surface area contributed by atoms with Gasteiger partial charge in [-0.3, -0.25) is 65.0 Å². The van der Waals surface area contributed by atoms with Gasteiger partial charge in [0.25, 0.3) is 0 Å². The molecule has 6 rings (SSSR count). The van der Waals surface area contributed by atoms with Gasteiger partial charge in [0.05, 0.1) is 39.1 Å². The molecule has 107 heavy (non-hydrogen) atoms. The zero-order chi connectivity index (χ0) is 80.6. The van der Waals surface area contributed by atoms with E-state index in [4.69, 9.17) is 39.0 Å². The highest BCUT2D eigenvalue weighted by Crippen LogP contribution is 2.63. The summed E-state index contributed by atoms with van der Waals surface area (Å²) in [6, 6.07) is 0. The molecule has 2 saturated heterocycles. The lowest BCUT2D eigenvalue weighted by molar-refractivity contribution is -0.137.